The van der Waals surface area contributed by atoms with Gasteiger partial charge in [-0.05, 0) is 37.4 Å². The molecule has 3 heteroatoms. The van der Waals surface area contributed by atoms with Crippen LogP contribution in [-0.4, -0.2) is 23.0 Å². The summed E-state index contributed by atoms with van der Waals surface area (Å²) in [5.41, 5.74) is 1.35. The van der Waals surface area contributed by atoms with Gasteiger partial charge in [-0.25, -0.2) is 0 Å². The molecule has 0 radical (unpaired) electrons. The Bertz CT molecular complexity index is 449. The first kappa shape index (κ1) is 19.0. The van der Waals surface area contributed by atoms with Crippen LogP contribution in [0.3, 0.4) is 0 Å². The quantitative estimate of drug-likeness (QED) is 0.541. The SMILES string of the molecule is CCCCCCC#CCN1CCCCC1c1cccnc1.Cl. The van der Waals surface area contributed by atoms with E-state index in [1.165, 1.54) is 57.1 Å². The number of nitrogens with zero attached hydrogens (tertiary/aromatic N) is 2. The summed E-state index contributed by atoms with van der Waals surface area (Å²) in [6.07, 6.45) is 14.0. The number of halogens is 1. The molecule has 122 valence electrons. The van der Waals surface area contributed by atoms with Gasteiger partial charge in [0.25, 0.3) is 0 Å². The maximum atomic E-state index is 4.27. The van der Waals surface area contributed by atoms with Crippen molar-refractivity contribution in [2.75, 3.05) is 13.1 Å². The second kappa shape index (κ2) is 11.5. The van der Waals surface area contributed by atoms with Gasteiger partial charge in [0.1, 0.15) is 0 Å². The lowest BCUT2D eigenvalue weighted by molar-refractivity contribution is 0.169. The zero-order chi connectivity index (χ0) is 14.8. The lowest BCUT2D eigenvalue weighted by atomic mass is 9.96. The highest BCUT2D eigenvalue weighted by Gasteiger charge is 2.22. The van der Waals surface area contributed by atoms with Gasteiger partial charge in [-0.2, -0.15) is 0 Å². The maximum absolute atomic E-state index is 4.27. The number of unbranched alkanes of at least 4 members (excludes halogenated alkanes) is 4. The molecule has 1 unspecified atom stereocenters. The Kier molecular flexibility index (Phi) is 9.95. The summed E-state index contributed by atoms with van der Waals surface area (Å²) in [4.78, 5) is 6.80. The van der Waals surface area contributed by atoms with Crippen molar-refractivity contribution >= 4 is 12.4 Å². The van der Waals surface area contributed by atoms with Gasteiger partial charge < -0.3 is 0 Å². The molecule has 0 N–H and O–H groups in total. The van der Waals surface area contributed by atoms with Crippen molar-refractivity contribution in [3.63, 3.8) is 0 Å². The van der Waals surface area contributed by atoms with Crippen LogP contribution in [0.25, 0.3) is 0 Å². The summed E-state index contributed by atoms with van der Waals surface area (Å²) in [5, 5.41) is 0. The number of likely N-dealkylation sites (tertiary alicyclic amines) is 1. The first-order valence-corrected chi connectivity index (χ1v) is 8.51. The van der Waals surface area contributed by atoms with Crippen LogP contribution in [0.1, 0.15) is 69.9 Å². The predicted octanol–water partition coefficient (Wildman–Crippen LogP) is 5.00. The predicted molar refractivity (Wildman–Crippen MR) is 96.2 cm³/mol. The fourth-order valence-corrected chi connectivity index (χ4v) is 3.02. The van der Waals surface area contributed by atoms with E-state index < -0.39 is 0 Å². The third-order valence-corrected chi connectivity index (χ3v) is 4.25. The Labute approximate surface area is 142 Å². The van der Waals surface area contributed by atoms with Crippen molar-refractivity contribution in [3.05, 3.63) is 30.1 Å². The lowest BCUT2D eigenvalue weighted by Crippen LogP contribution is -2.33. The van der Waals surface area contributed by atoms with Crippen LogP contribution < -0.4 is 0 Å². The minimum absolute atomic E-state index is 0. The molecule has 1 aromatic heterocycles. The number of pyridine rings is 1. The van der Waals surface area contributed by atoms with Crippen molar-refractivity contribution < 1.29 is 0 Å². The van der Waals surface area contributed by atoms with E-state index in [2.05, 4.69) is 34.7 Å². The van der Waals surface area contributed by atoms with E-state index in [4.69, 9.17) is 0 Å². The highest BCUT2D eigenvalue weighted by Crippen LogP contribution is 2.29. The van der Waals surface area contributed by atoms with E-state index in [-0.39, 0.29) is 12.4 Å². The molecule has 2 nitrogen and oxygen atoms in total. The van der Waals surface area contributed by atoms with Crippen molar-refractivity contribution in [3.8, 4) is 11.8 Å². The minimum Gasteiger partial charge on any atom is -0.285 e. The maximum Gasteiger partial charge on any atom is 0.0606 e. The normalized spacial score (nSPS) is 18.1. The standard InChI is InChI=1S/C19H28N2.ClH/c1-2-3-4-5-6-7-9-15-21-16-10-8-13-19(21)18-12-11-14-20-17-18;/h11-12,14,17,19H,2-6,8,10,13,15-16H2,1H3;1H. The first-order valence-electron chi connectivity index (χ1n) is 8.51. The molecule has 0 aliphatic carbocycles. The highest BCUT2D eigenvalue weighted by molar-refractivity contribution is 5.85. The van der Waals surface area contributed by atoms with E-state index in [1.807, 2.05) is 18.5 Å². The Morgan fingerprint density at radius 1 is 1.23 bits per heavy atom. The molecule has 0 amide bonds. The van der Waals surface area contributed by atoms with E-state index >= 15 is 0 Å². The van der Waals surface area contributed by atoms with Crippen molar-refractivity contribution in [2.24, 2.45) is 0 Å². The van der Waals surface area contributed by atoms with Crippen LogP contribution in [-0.2, 0) is 0 Å². The average Bonchev–Trinajstić information content (AvgIpc) is 2.55. The summed E-state index contributed by atoms with van der Waals surface area (Å²) in [6.45, 7) is 4.33. The van der Waals surface area contributed by atoms with Gasteiger partial charge in [0, 0.05) is 24.9 Å². The molecule has 1 aliphatic heterocycles. The monoisotopic (exact) mass is 320 g/mol. The average molecular weight is 321 g/mol. The van der Waals surface area contributed by atoms with E-state index in [0.717, 1.165) is 13.0 Å². The smallest absolute Gasteiger partial charge is 0.0606 e. The summed E-state index contributed by atoms with van der Waals surface area (Å²) in [5.74, 6) is 6.74. The van der Waals surface area contributed by atoms with Crippen LogP contribution in [0.4, 0.5) is 0 Å². The van der Waals surface area contributed by atoms with Gasteiger partial charge in [0.05, 0.1) is 6.54 Å². The molecule has 2 rings (SSSR count). The molecule has 1 fully saturated rings. The molecule has 1 aliphatic rings. The minimum atomic E-state index is 0. The number of hydrogen-bond donors (Lipinski definition) is 0. The van der Waals surface area contributed by atoms with E-state index in [0.29, 0.717) is 6.04 Å². The number of rotatable bonds is 6. The van der Waals surface area contributed by atoms with Gasteiger partial charge in [0.2, 0.25) is 0 Å². The Balaban J connectivity index is 0.00000242. The molecular formula is C19H29ClN2. The van der Waals surface area contributed by atoms with Gasteiger partial charge >= 0.3 is 0 Å². The van der Waals surface area contributed by atoms with Gasteiger partial charge in [-0.3, -0.25) is 9.88 Å². The fourth-order valence-electron chi connectivity index (χ4n) is 3.02. The Morgan fingerprint density at radius 2 is 2.14 bits per heavy atom. The lowest BCUT2D eigenvalue weighted by Gasteiger charge is -2.34. The van der Waals surface area contributed by atoms with E-state index in [1.54, 1.807) is 0 Å². The van der Waals surface area contributed by atoms with Crippen LogP contribution in [0.2, 0.25) is 0 Å². The number of aromatic nitrogens is 1. The van der Waals surface area contributed by atoms with Crippen LogP contribution in [0.5, 0.6) is 0 Å². The van der Waals surface area contributed by atoms with Crippen molar-refractivity contribution in [1.82, 2.24) is 9.88 Å². The molecule has 1 saturated heterocycles. The Morgan fingerprint density at radius 3 is 2.91 bits per heavy atom. The molecule has 2 heterocycles. The van der Waals surface area contributed by atoms with Crippen LogP contribution in [0, 0.1) is 11.8 Å². The molecule has 0 aromatic carbocycles. The summed E-state index contributed by atoms with van der Waals surface area (Å²) < 4.78 is 0. The molecular weight excluding hydrogens is 292 g/mol. The summed E-state index contributed by atoms with van der Waals surface area (Å²) in [6, 6.07) is 4.76. The largest absolute Gasteiger partial charge is 0.285 e. The van der Waals surface area contributed by atoms with E-state index in [9.17, 15) is 0 Å². The molecule has 22 heavy (non-hydrogen) atoms. The third kappa shape index (κ3) is 6.38. The number of hydrogen-bond acceptors (Lipinski definition) is 2. The van der Waals surface area contributed by atoms with Gasteiger partial charge in [-0.1, -0.05) is 44.6 Å². The Hall–Kier alpha value is -1.04. The zero-order valence-corrected chi connectivity index (χ0v) is 14.6. The molecule has 0 spiro atoms. The third-order valence-electron chi connectivity index (χ3n) is 4.25. The van der Waals surface area contributed by atoms with Crippen molar-refractivity contribution in [1.29, 1.82) is 0 Å². The van der Waals surface area contributed by atoms with Gasteiger partial charge in [0.15, 0.2) is 0 Å². The molecule has 1 atom stereocenters. The second-order valence-corrected chi connectivity index (χ2v) is 5.93. The number of piperidine rings is 1. The molecule has 0 saturated carbocycles. The van der Waals surface area contributed by atoms with Crippen molar-refractivity contribution in [2.45, 2.75) is 64.3 Å². The second-order valence-electron chi connectivity index (χ2n) is 5.93. The fraction of sp³-hybridized carbons (Fsp3) is 0.632. The first-order chi connectivity index (χ1) is 10.4. The topological polar surface area (TPSA) is 16.1 Å². The zero-order valence-electron chi connectivity index (χ0n) is 13.8. The van der Waals surface area contributed by atoms with Crippen LogP contribution >= 0.6 is 12.4 Å². The highest BCUT2D eigenvalue weighted by atomic mass is 35.5. The molecule has 1 aromatic rings. The molecule has 0 bridgehead atoms. The summed E-state index contributed by atoms with van der Waals surface area (Å²) >= 11 is 0. The summed E-state index contributed by atoms with van der Waals surface area (Å²) in [7, 11) is 0. The van der Waals surface area contributed by atoms with Crippen LogP contribution in [0.15, 0.2) is 24.5 Å². The van der Waals surface area contributed by atoms with Gasteiger partial charge in [-0.15, -0.1) is 18.3 Å².